The second-order valence-corrected chi connectivity index (χ2v) is 4.98. The first-order valence-electron chi connectivity index (χ1n) is 6.14. The fourth-order valence-electron chi connectivity index (χ4n) is 1.48. The molecule has 19 heavy (non-hydrogen) atoms. The van der Waals surface area contributed by atoms with Crippen LogP contribution in [0.1, 0.15) is 18.9 Å². The summed E-state index contributed by atoms with van der Waals surface area (Å²) in [5.74, 6) is 2.04. The van der Waals surface area contributed by atoms with E-state index < -0.39 is 0 Å². The van der Waals surface area contributed by atoms with Crippen molar-refractivity contribution < 1.29 is 0 Å². The van der Waals surface area contributed by atoms with Crippen LogP contribution in [0.5, 0.6) is 0 Å². The van der Waals surface area contributed by atoms with E-state index in [1.54, 1.807) is 24.2 Å². The van der Waals surface area contributed by atoms with Crippen LogP contribution in [-0.2, 0) is 0 Å². The van der Waals surface area contributed by atoms with Crippen molar-refractivity contribution in [1.29, 1.82) is 0 Å². The first kappa shape index (κ1) is 13.5. The van der Waals surface area contributed by atoms with Gasteiger partial charge in [-0.25, -0.2) is 15.0 Å². The van der Waals surface area contributed by atoms with Gasteiger partial charge in [-0.15, -0.1) is 11.8 Å². The average Bonchev–Trinajstić information content (AvgIpc) is 2.47. The largest absolute Gasteiger partial charge is 0.383 e. The van der Waals surface area contributed by atoms with Crippen molar-refractivity contribution in [3.8, 4) is 0 Å². The third-order valence-corrected chi connectivity index (χ3v) is 3.56. The number of aliphatic imine (C=N–C) groups is 1. The zero-order chi connectivity index (χ0) is 13.5. The van der Waals surface area contributed by atoms with Crippen molar-refractivity contribution in [2.45, 2.75) is 18.4 Å². The van der Waals surface area contributed by atoms with E-state index in [1.165, 1.54) is 0 Å². The van der Waals surface area contributed by atoms with Crippen LogP contribution >= 0.6 is 11.8 Å². The van der Waals surface area contributed by atoms with Gasteiger partial charge in [0, 0.05) is 18.0 Å². The second kappa shape index (κ2) is 6.89. The molecular weight excluding hydrogens is 256 g/mol. The highest BCUT2D eigenvalue weighted by Gasteiger charge is 2.06. The van der Waals surface area contributed by atoms with Crippen LogP contribution < -0.4 is 5.73 Å². The van der Waals surface area contributed by atoms with E-state index in [9.17, 15) is 0 Å². The number of aromatic nitrogens is 2. The summed E-state index contributed by atoms with van der Waals surface area (Å²) in [7, 11) is 0. The summed E-state index contributed by atoms with van der Waals surface area (Å²) in [6, 6.07) is 9.66. The second-order valence-electron chi connectivity index (χ2n) is 3.90. The van der Waals surface area contributed by atoms with Gasteiger partial charge in [0.25, 0.3) is 0 Å². The predicted molar refractivity (Wildman–Crippen MR) is 79.9 cm³/mol. The minimum atomic E-state index is 0.458. The molecule has 2 N–H and O–H groups in total. The topological polar surface area (TPSA) is 64.2 Å². The number of thioether (sulfide) groups is 1. The van der Waals surface area contributed by atoms with Crippen LogP contribution in [0.25, 0.3) is 0 Å². The molecule has 0 amide bonds. The van der Waals surface area contributed by atoms with Gasteiger partial charge in [0.15, 0.2) is 5.82 Å². The Morgan fingerprint density at radius 1 is 1.21 bits per heavy atom. The van der Waals surface area contributed by atoms with Crippen LogP contribution in [0.4, 0.5) is 5.82 Å². The first-order chi connectivity index (χ1) is 9.31. The average molecular weight is 272 g/mol. The maximum absolute atomic E-state index is 6.00. The highest BCUT2D eigenvalue weighted by Crippen LogP contribution is 2.25. The molecule has 0 aliphatic rings. The fraction of sp³-hybridized carbons (Fsp3) is 0.214. The molecule has 0 bridgehead atoms. The van der Waals surface area contributed by atoms with Crippen molar-refractivity contribution >= 4 is 23.4 Å². The molecule has 0 saturated carbocycles. The predicted octanol–water partition coefficient (Wildman–Crippen LogP) is 3.02. The molecule has 2 rings (SSSR count). The van der Waals surface area contributed by atoms with Gasteiger partial charge in [-0.05, 0) is 12.2 Å². The molecule has 1 aromatic carbocycles. The van der Waals surface area contributed by atoms with Crippen molar-refractivity contribution in [3.63, 3.8) is 0 Å². The maximum atomic E-state index is 6.00. The normalized spacial score (nSPS) is 11.5. The number of benzene rings is 1. The molecular formula is C14H16N4S. The summed E-state index contributed by atoms with van der Waals surface area (Å²) in [5.41, 5.74) is 6.89. The van der Waals surface area contributed by atoms with Gasteiger partial charge in [0.1, 0.15) is 10.9 Å². The quantitative estimate of drug-likeness (QED) is 0.516. The summed E-state index contributed by atoms with van der Waals surface area (Å²) >= 11 is 1.65. The molecule has 0 fully saturated rings. The van der Waals surface area contributed by atoms with E-state index in [2.05, 4.69) is 21.9 Å². The Kier molecular flexibility index (Phi) is 4.92. The summed E-state index contributed by atoms with van der Waals surface area (Å²) in [4.78, 5) is 12.9. The van der Waals surface area contributed by atoms with E-state index in [-0.39, 0.29) is 0 Å². The van der Waals surface area contributed by atoms with Crippen LogP contribution in [-0.4, -0.2) is 21.6 Å². The SMILES string of the molecule is CCCSc1nccnc1N=C(N)c1ccccc1. The van der Waals surface area contributed by atoms with Crippen LogP contribution in [0, 0.1) is 0 Å². The van der Waals surface area contributed by atoms with Gasteiger partial charge in [-0.3, -0.25) is 0 Å². The van der Waals surface area contributed by atoms with Gasteiger partial charge in [-0.1, -0.05) is 37.3 Å². The van der Waals surface area contributed by atoms with Crippen molar-refractivity contribution in [2.75, 3.05) is 5.75 Å². The molecule has 1 heterocycles. The Labute approximate surface area is 117 Å². The van der Waals surface area contributed by atoms with E-state index >= 15 is 0 Å². The lowest BCUT2D eigenvalue weighted by Crippen LogP contribution is -2.12. The molecule has 4 nitrogen and oxygen atoms in total. The Bertz CT molecular complexity index is 554. The van der Waals surface area contributed by atoms with Crippen LogP contribution in [0.3, 0.4) is 0 Å². The summed E-state index contributed by atoms with van der Waals surface area (Å²) < 4.78 is 0. The minimum absolute atomic E-state index is 0.458. The molecule has 2 aromatic rings. The van der Waals surface area contributed by atoms with Crippen LogP contribution in [0.15, 0.2) is 52.7 Å². The zero-order valence-electron chi connectivity index (χ0n) is 10.8. The van der Waals surface area contributed by atoms with Gasteiger partial charge >= 0.3 is 0 Å². The van der Waals surface area contributed by atoms with E-state index in [4.69, 9.17) is 5.73 Å². The third-order valence-electron chi connectivity index (χ3n) is 2.39. The molecule has 0 spiro atoms. The lowest BCUT2D eigenvalue weighted by atomic mass is 10.2. The van der Waals surface area contributed by atoms with Crippen molar-refractivity contribution in [2.24, 2.45) is 10.7 Å². The lowest BCUT2D eigenvalue weighted by Gasteiger charge is -2.04. The highest BCUT2D eigenvalue weighted by atomic mass is 32.2. The molecule has 5 heteroatoms. The molecule has 1 aromatic heterocycles. The molecule has 0 saturated heterocycles. The lowest BCUT2D eigenvalue weighted by molar-refractivity contribution is 1.03. The zero-order valence-corrected chi connectivity index (χ0v) is 11.6. The Morgan fingerprint density at radius 3 is 2.68 bits per heavy atom. The number of hydrogen-bond donors (Lipinski definition) is 1. The van der Waals surface area contributed by atoms with Gasteiger partial charge in [-0.2, -0.15) is 0 Å². The summed E-state index contributed by atoms with van der Waals surface area (Å²) in [6.07, 6.45) is 4.39. The first-order valence-corrected chi connectivity index (χ1v) is 7.13. The van der Waals surface area contributed by atoms with Gasteiger partial charge in [0.2, 0.25) is 0 Å². The number of hydrogen-bond acceptors (Lipinski definition) is 4. The molecule has 0 aliphatic heterocycles. The minimum Gasteiger partial charge on any atom is -0.383 e. The van der Waals surface area contributed by atoms with Gasteiger partial charge < -0.3 is 5.73 Å². The van der Waals surface area contributed by atoms with Gasteiger partial charge in [0.05, 0.1) is 0 Å². The summed E-state index contributed by atoms with van der Waals surface area (Å²) in [6.45, 7) is 2.13. The fourth-order valence-corrected chi connectivity index (χ4v) is 2.24. The standard InChI is InChI=1S/C14H16N4S/c1-2-10-19-14-13(16-8-9-17-14)18-12(15)11-6-4-3-5-7-11/h3-9H,2,10H2,1H3,(H2,15,16,18). The van der Waals surface area contributed by atoms with Crippen molar-refractivity contribution in [1.82, 2.24) is 9.97 Å². The molecule has 0 aliphatic carbocycles. The monoisotopic (exact) mass is 272 g/mol. The number of rotatable bonds is 5. The maximum Gasteiger partial charge on any atom is 0.186 e. The Balaban J connectivity index is 2.27. The number of nitrogens with two attached hydrogens (primary N) is 1. The number of amidine groups is 1. The molecule has 0 atom stereocenters. The summed E-state index contributed by atoms with van der Waals surface area (Å²) in [5, 5.41) is 0.822. The van der Waals surface area contributed by atoms with E-state index in [1.807, 2.05) is 30.3 Å². The highest BCUT2D eigenvalue weighted by molar-refractivity contribution is 7.99. The number of nitrogens with zero attached hydrogens (tertiary/aromatic N) is 3. The van der Waals surface area contributed by atoms with E-state index in [0.29, 0.717) is 11.7 Å². The molecule has 0 unspecified atom stereocenters. The van der Waals surface area contributed by atoms with Crippen molar-refractivity contribution in [3.05, 3.63) is 48.3 Å². The molecule has 0 radical (unpaired) electrons. The molecule has 98 valence electrons. The van der Waals surface area contributed by atoms with E-state index in [0.717, 1.165) is 22.8 Å². The third kappa shape index (κ3) is 3.79. The van der Waals surface area contributed by atoms with Crippen LogP contribution in [0.2, 0.25) is 0 Å². The Hall–Kier alpha value is -1.88. The smallest absolute Gasteiger partial charge is 0.186 e. The Morgan fingerprint density at radius 2 is 1.95 bits per heavy atom.